The van der Waals surface area contributed by atoms with E-state index < -0.39 is 11.7 Å². The molecule has 7 nitrogen and oxygen atoms in total. The van der Waals surface area contributed by atoms with Crippen LogP contribution in [0.5, 0.6) is 0 Å². The molecule has 1 aliphatic carbocycles. The average Bonchev–Trinajstić information content (AvgIpc) is 3.22. The van der Waals surface area contributed by atoms with Crippen molar-refractivity contribution >= 4 is 28.4 Å². The molecule has 4 rings (SSSR count). The summed E-state index contributed by atoms with van der Waals surface area (Å²) in [5, 5.41) is 3.40. The van der Waals surface area contributed by atoms with Crippen LogP contribution in [0.3, 0.4) is 0 Å². The fourth-order valence-corrected chi connectivity index (χ4v) is 3.24. The van der Waals surface area contributed by atoms with E-state index in [-0.39, 0.29) is 29.2 Å². The molecule has 4 N–H and O–H groups in total. The number of hydrogen-bond donors (Lipinski definition) is 3. The van der Waals surface area contributed by atoms with E-state index in [1.807, 2.05) is 6.20 Å². The predicted molar refractivity (Wildman–Crippen MR) is 100.0 cm³/mol. The fourth-order valence-electron chi connectivity index (χ4n) is 3.24. The molecule has 1 saturated carbocycles. The molecule has 0 unspecified atom stereocenters. The van der Waals surface area contributed by atoms with Crippen LogP contribution >= 0.6 is 0 Å². The molecular weight excluding hydrogens is 349 g/mol. The van der Waals surface area contributed by atoms with Crippen molar-refractivity contribution in [2.24, 2.45) is 0 Å². The lowest BCUT2D eigenvalue weighted by molar-refractivity contribution is 0.101. The van der Waals surface area contributed by atoms with Crippen molar-refractivity contribution in [1.82, 2.24) is 15.0 Å². The number of anilines is 2. The van der Waals surface area contributed by atoms with Crippen molar-refractivity contribution in [2.75, 3.05) is 18.2 Å². The molecule has 0 aliphatic heterocycles. The topological polar surface area (TPSA) is 106 Å². The molecule has 0 saturated heterocycles. The monoisotopic (exact) mass is 369 g/mol. The van der Waals surface area contributed by atoms with Crippen LogP contribution in [0, 0.1) is 5.82 Å². The van der Waals surface area contributed by atoms with Crippen molar-refractivity contribution < 1.29 is 13.9 Å². The highest BCUT2D eigenvalue weighted by molar-refractivity contribution is 6.04. The molecule has 0 spiro atoms. The zero-order valence-electron chi connectivity index (χ0n) is 15.1. The molecule has 1 amide bonds. The molecule has 0 radical (unpaired) electrons. The van der Waals surface area contributed by atoms with Gasteiger partial charge in [0.25, 0.3) is 5.91 Å². The van der Waals surface area contributed by atoms with Crippen LogP contribution < -0.4 is 11.1 Å². The molecule has 27 heavy (non-hydrogen) atoms. The van der Waals surface area contributed by atoms with Gasteiger partial charge in [-0.05, 0) is 36.0 Å². The number of nitrogen functional groups attached to an aromatic ring is 1. The van der Waals surface area contributed by atoms with E-state index in [1.54, 1.807) is 6.07 Å². The van der Waals surface area contributed by atoms with E-state index in [9.17, 15) is 9.18 Å². The van der Waals surface area contributed by atoms with Crippen molar-refractivity contribution in [2.45, 2.75) is 31.8 Å². The minimum absolute atomic E-state index is 0.0306. The Balaban J connectivity index is 1.67. The smallest absolute Gasteiger partial charge is 0.293 e. The van der Waals surface area contributed by atoms with Crippen molar-refractivity contribution in [3.63, 3.8) is 0 Å². The second-order valence-electron chi connectivity index (χ2n) is 7.07. The van der Waals surface area contributed by atoms with Gasteiger partial charge in [-0.3, -0.25) is 4.79 Å². The van der Waals surface area contributed by atoms with Crippen LogP contribution in [-0.4, -0.2) is 28.0 Å². The maximum absolute atomic E-state index is 14.0. The molecule has 3 aromatic rings. The Labute approximate surface area is 155 Å². The molecule has 1 fully saturated rings. The number of rotatable bonds is 5. The summed E-state index contributed by atoms with van der Waals surface area (Å²) < 4.78 is 19.0. The quantitative estimate of drug-likeness (QED) is 0.641. The summed E-state index contributed by atoms with van der Waals surface area (Å²) in [4.78, 5) is 24.2. The summed E-state index contributed by atoms with van der Waals surface area (Å²) in [6, 6.07) is 4.41. The number of amides is 1. The van der Waals surface area contributed by atoms with Crippen LogP contribution in [0.15, 0.2) is 24.4 Å². The maximum atomic E-state index is 14.0. The SMILES string of the molecule is COCc1c(F)cccc1NC(=O)c1nc(N)c2c(C3(C)CC3)c[nH]c2n1. The number of benzene rings is 1. The lowest BCUT2D eigenvalue weighted by atomic mass is 9.99. The molecule has 2 aromatic heterocycles. The van der Waals surface area contributed by atoms with Gasteiger partial charge >= 0.3 is 0 Å². The number of aromatic amines is 1. The molecular formula is C19H20FN5O2. The van der Waals surface area contributed by atoms with E-state index in [4.69, 9.17) is 10.5 Å². The number of carbonyl (C=O) groups is 1. The first-order valence-electron chi connectivity index (χ1n) is 8.66. The number of H-pyrrole nitrogens is 1. The number of ether oxygens (including phenoxy) is 1. The molecule has 140 valence electrons. The number of aromatic nitrogens is 3. The Morgan fingerprint density at radius 1 is 1.41 bits per heavy atom. The van der Waals surface area contributed by atoms with Crippen molar-refractivity contribution in [3.8, 4) is 0 Å². The van der Waals surface area contributed by atoms with Gasteiger partial charge in [-0.1, -0.05) is 13.0 Å². The summed E-state index contributed by atoms with van der Waals surface area (Å²) in [6.45, 7) is 2.19. The average molecular weight is 369 g/mol. The van der Waals surface area contributed by atoms with Crippen LogP contribution in [0.25, 0.3) is 11.0 Å². The highest BCUT2D eigenvalue weighted by atomic mass is 19.1. The lowest BCUT2D eigenvalue weighted by Gasteiger charge is -2.11. The fraction of sp³-hybridized carbons (Fsp3) is 0.316. The van der Waals surface area contributed by atoms with E-state index >= 15 is 0 Å². The molecule has 1 aliphatic rings. The number of fused-ring (bicyclic) bond motifs is 1. The second kappa shape index (κ2) is 6.31. The number of methoxy groups -OCH3 is 1. The zero-order valence-corrected chi connectivity index (χ0v) is 15.1. The number of nitrogens with zero attached hydrogens (tertiary/aromatic N) is 2. The van der Waals surface area contributed by atoms with Gasteiger partial charge < -0.3 is 20.8 Å². The second-order valence-corrected chi connectivity index (χ2v) is 7.07. The molecule has 1 aromatic carbocycles. The summed E-state index contributed by atoms with van der Waals surface area (Å²) in [5.41, 5.74) is 8.38. The molecule has 8 heteroatoms. The number of carbonyl (C=O) groups excluding carboxylic acids is 1. The van der Waals surface area contributed by atoms with Gasteiger partial charge in [0.2, 0.25) is 5.82 Å². The molecule has 0 atom stereocenters. The van der Waals surface area contributed by atoms with E-state index in [2.05, 4.69) is 27.2 Å². The van der Waals surface area contributed by atoms with Gasteiger partial charge in [0.1, 0.15) is 17.3 Å². The zero-order chi connectivity index (χ0) is 19.2. The van der Waals surface area contributed by atoms with Crippen molar-refractivity contribution in [1.29, 1.82) is 0 Å². The minimum atomic E-state index is -0.569. The third-order valence-corrected chi connectivity index (χ3v) is 5.07. The van der Waals surface area contributed by atoms with Crippen LogP contribution in [-0.2, 0) is 16.8 Å². The highest BCUT2D eigenvalue weighted by Gasteiger charge is 2.41. The Hall–Kier alpha value is -3.00. The Kier molecular flexibility index (Phi) is 4.07. The normalized spacial score (nSPS) is 15.1. The maximum Gasteiger partial charge on any atom is 0.293 e. The lowest BCUT2D eigenvalue weighted by Crippen LogP contribution is -2.18. The summed E-state index contributed by atoms with van der Waals surface area (Å²) in [6.07, 6.45) is 4.06. The van der Waals surface area contributed by atoms with Gasteiger partial charge in [-0.25, -0.2) is 14.4 Å². The number of nitrogens with two attached hydrogens (primary N) is 1. The van der Waals surface area contributed by atoms with E-state index in [0.29, 0.717) is 11.3 Å². The minimum Gasteiger partial charge on any atom is -0.383 e. The standard InChI is InChI=1S/C19H20FN5O2/c1-19(6-7-19)11-8-22-16-14(11)15(21)24-17(25-16)18(26)23-13-5-3-4-12(20)10(13)9-27-2/h3-5,8H,6-7,9H2,1-2H3,(H,23,26)(H3,21,22,24,25). The molecule has 2 heterocycles. The van der Waals surface area contributed by atoms with Crippen molar-refractivity contribution in [3.05, 3.63) is 47.2 Å². The number of hydrogen-bond acceptors (Lipinski definition) is 5. The van der Waals surface area contributed by atoms with E-state index in [1.165, 1.54) is 19.2 Å². The van der Waals surface area contributed by atoms with Gasteiger partial charge in [-0.2, -0.15) is 0 Å². The first-order valence-corrected chi connectivity index (χ1v) is 8.66. The Morgan fingerprint density at radius 2 is 2.19 bits per heavy atom. The predicted octanol–water partition coefficient (Wildman–Crippen LogP) is 3.13. The summed E-state index contributed by atoms with van der Waals surface area (Å²) in [7, 11) is 1.46. The van der Waals surface area contributed by atoms with Gasteiger partial charge in [0, 0.05) is 24.6 Å². The Bertz CT molecular complexity index is 1040. The van der Waals surface area contributed by atoms with Crippen LogP contribution in [0.2, 0.25) is 0 Å². The first kappa shape index (κ1) is 17.4. The van der Waals surface area contributed by atoms with Gasteiger partial charge in [0.05, 0.1) is 12.0 Å². The summed E-state index contributed by atoms with van der Waals surface area (Å²) in [5.74, 6) is -0.856. The molecule has 0 bridgehead atoms. The van der Waals surface area contributed by atoms with Gasteiger partial charge in [-0.15, -0.1) is 0 Å². The third kappa shape index (κ3) is 3.02. The summed E-state index contributed by atoms with van der Waals surface area (Å²) >= 11 is 0. The Morgan fingerprint density at radius 3 is 2.89 bits per heavy atom. The number of halogens is 1. The van der Waals surface area contributed by atoms with E-state index in [0.717, 1.165) is 23.8 Å². The first-order chi connectivity index (χ1) is 12.9. The van der Waals surface area contributed by atoms with Crippen LogP contribution in [0.1, 0.15) is 41.5 Å². The van der Waals surface area contributed by atoms with Gasteiger partial charge in [0.15, 0.2) is 0 Å². The number of nitrogens with one attached hydrogen (secondary N) is 2. The van der Waals surface area contributed by atoms with Crippen LogP contribution in [0.4, 0.5) is 15.9 Å². The largest absolute Gasteiger partial charge is 0.383 e. The highest BCUT2D eigenvalue weighted by Crippen LogP contribution is 2.50. The third-order valence-electron chi connectivity index (χ3n) is 5.07.